The van der Waals surface area contributed by atoms with Crippen molar-refractivity contribution in [3.8, 4) is 0 Å². The van der Waals surface area contributed by atoms with Gasteiger partial charge in [-0.25, -0.2) is 0 Å². The molecule has 13 rings (SSSR count). The summed E-state index contributed by atoms with van der Waals surface area (Å²) in [5, 5.41) is 37.8. The van der Waals surface area contributed by atoms with Gasteiger partial charge in [-0.2, -0.15) is 0 Å². The largest absolute Gasteiger partial charge is 0.397 e. The Kier molecular flexibility index (Phi) is 20.2. The van der Waals surface area contributed by atoms with E-state index in [4.69, 9.17) is 25.5 Å². The van der Waals surface area contributed by atoms with Crippen LogP contribution >= 0.6 is 0 Å². The maximum atomic E-state index is 7.57. The summed E-state index contributed by atoms with van der Waals surface area (Å²) < 4.78 is 0. The van der Waals surface area contributed by atoms with Crippen molar-refractivity contribution in [2.24, 2.45) is 118 Å². The fraction of sp³-hybridized carbons (Fsp3) is 1.00. The van der Waals surface area contributed by atoms with Crippen LogP contribution in [-0.2, 0) is 0 Å². The molecule has 0 aliphatic heterocycles. The molecular formula is C53H98O5. The molecule has 13 saturated carbocycles. The number of hydrogen-bond donors (Lipinski definition) is 5. The first-order chi connectivity index (χ1) is 28.3. The molecule has 10 bridgehead atoms. The normalized spacial score (nSPS) is 47.4. The Morgan fingerprint density at radius 1 is 0.259 bits per heavy atom. The summed E-state index contributed by atoms with van der Waals surface area (Å²) in [6.07, 6.45) is 33.6. The first-order valence-electron chi connectivity index (χ1n) is 26.3. The molecule has 13 fully saturated rings. The zero-order chi connectivity index (χ0) is 41.9. The van der Waals surface area contributed by atoms with E-state index in [1.807, 2.05) is 0 Å². The van der Waals surface area contributed by atoms with Crippen LogP contribution in [0.15, 0.2) is 0 Å². The molecule has 0 aromatic heterocycles. The molecule has 0 amide bonds. The van der Waals surface area contributed by atoms with Crippen molar-refractivity contribution in [2.75, 3.05) is 33.0 Å². The van der Waals surface area contributed by atoms with Gasteiger partial charge in [0.1, 0.15) is 0 Å². The van der Waals surface area contributed by atoms with Crippen LogP contribution in [0.2, 0.25) is 0 Å². The monoisotopic (exact) mass is 815 g/mol. The van der Waals surface area contributed by atoms with Crippen molar-refractivity contribution in [2.45, 2.75) is 183 Å². The zero-order valence-electron chi connectivity index (χ0n) is 39.2. The highest BCUT2D eigenvalue weighted by molar-refractivity contribution is 5.15. The van der Waals surface area contributed by atoms with E-state index >= 15 is 0 Å². The molecule has 0 spiro atoms. The summed E-state index contributed by atoms with van der Waals surface area (Å²) in [7, 11) is 0. The molecule has 0 radical (unpaired) electrons. The van der Waals surface area contributed by atoms with Crippen molar-refractivity contribution in [3.63, 3.8) is 0 Å². The molecule has 20 atom stereocenters. The standard InChI is InChI=1S/2C15H22.C10H16.C3H8.5C2H6O/c1-3-10-5-8(1)12-7-13-9-2-4-11(6-9)15(13)14(10)12;1-2-10-11(3-1)13-7-12(10)14-8-4-5-9(6-8)15(13)14;1-2-9-7-4-5-8(6-7)10(9)3-1;1-3-2;5*1-2-3/h2*8-15H,1-7H2;7-10H,1-6H2;3H2,1-2H3;5*3H,2H2,1H3. The van der Waals surface area contributed by atoms with Crippen LogP contribution in [0.5, 0.6) is 0 Å². The first kappa shape index (κ1) is 48.8. The third-order valence-electron chi connectivity index (χ3n) is 19.0. The number of fused-ring (bicyclic) bond motifs is 28. The third kappa shape index (κ3) is 10.3. The lowest BCUT2D eigenvalue weighted by Crippen LogP contribution is -2.35. The van der Waals surface area contributed by atoms with Gasteiger partial charge in [0.05, 0.1) is 0 Å². The van der Waals surface area contributed by atoms with Gasteiger partial charge >= 0.3 is 0 Å². The Morgan fingerprint density at radius 3 is 0.793 bits per heavy atom. The fourth-order valence-electron chi connectivity index (χ4n) is 18.4. The lowest BCUT2D eigenvalue weighted by atomic mass is 9.64. The average Bonchev–Trinajstić information content (AvgIpc) is 4.05. The van der Waals surface area contributed by atoms with Gasteiger partial charge in [0, 0.05) is 33.0 Å². The van der Waals surface area contributed by atoms with Crippen molar-refractivity contribution < 1.29 is 25.5 Å². The van der Waals surface area contributed by atoms with E-state index in [-0.39, 0.29) is 33.0 Å². The molecule has 58 heavy (non-hydrogen) atoms. The molecule has 5 heteroatoms. The molecule has 0 heterocycles. The lowest BCUT2D eigenvalue weighted by Gasteiger charge is -2.40. The van der Waals surface area contributed by atoms with E-state index < -0.39 is 0 Å². The van der Waals surface area contributed by atoms with Gasteiger partial charge in [-0.3, -0.25) is 0 Å². The minimum atomic E-state index is 0.250. The Morgan fingerprint density at radius 2 is 0.466 bits per heavy atom. The van der Waals surface area contributed by atoms with Crippen molar-refractivity contribution in [3.05, 3.63) is 0 Å². The van der Waals surface area contributed by atoms with Gasteiger partial charge in [-0.05, 0) is 269 Å². The summed E-state index contributed by atoms with van der Waals surface area (Å²) in [6.45, 7) is 13.9. The quantitative estimate of drug-likeness (QED) is 0.157. The predicted octanol–water partition coefficient (Wildman–Crippen LogP) is 11.7. The van der Waals surface area contributed by atoms with Crippen LogP contribution < -0.4 is 0 Å². The Balaban J connectivity index is 0.000000140. The summed E-state index contributed by atoms with van der Waals surface area (Å²) in [5.41, 5.74) is 0. The maximum absolute atomic E-state index is 7.57. The van der Waals surface area contributed by atoms with Crippen LogP contribution in [0, 0.1) is 118 Å². The van der Waals surface area contributed by atoms with E-state index in [0.717, 1.165) is 0 Å². The molecule has 340 valence electrons. The Labute approximate surface area is 359 Å². The average molecular weight is 815 g/mol. The van der Waals surface area contributed by atoms with Gasteiger partial charge in [0.15, 0.2) is 0 Å². The molecule has 13 aliphatic rings. The van der Waals surface area contributed by atoms with Crippen molar-refractivity contribution in [1.82, 2.24) is 0 Å². The number of hydrogen-bond acceptors (Lipinski definition) is 5. The smallest absolute Gasteiger partial charge is 0.0402 e. The van der Waals surface area contributed by atoms with Gasteiger partial charge < -0.3 is 25.5 Å². The topological polar surface area (TPSA) is 101 Å². The molecule has 0 saturated heterocycles. The summed E-state index contributed by atoms with van der Waals surface area (Å²) in [4.78, 5) is 0. The predicted molar refractivity (Wildman–Crippen MR) is 242 cm³/mol. The maximum Gasteiger partial charge on any atom is 0.0402 e. The van der Waals surface area contributed by atoms with Gasteiger partial charge in [0.2, 0.25) is 0 Å². The molecular weight excluding hydrogens is 717 g/mol. The Hall–Kier alpha value is -0.200. The van der Waals surface area contributed by atoms with Gasteiger partial charge in [-0.1, -0.05) is 33.1 Å². The molecule has 5 N–H and O–H groups in total. The number of aliphatic hydroxyl groups excluding tert-OH is 5. The van der Waals surface area contributed by atoms with E-state index in [2.05, 4.69) is 13.8 Å². The lowest BCUT2D eigenvalue weighted by molar-refractivity contribution is 0.0716. The highest BCUT2D eigenvalue weighted by atomic mass is 16.3. The molecule has 13 aliphatic carbocycles. The van der Waals surface area contributed by atoms with Crippen molar-refractivity contribution >= 4 is 0 Å². The van der Waals surface area contributed by atoms with Crippen molar-refractivity contribution in [1.29, 1.82) is 0 Å². The second kappa shape index (κ2) is 24.0. The van der Waals surface area contributed by atoms with Crippen LogP contribution in [0.1, 0.15) is 183 Å². The third-order valence-corrected chi connectivity index (χ3v) is 19.0. The summed E-state index contributed by atoms with van der Waals surface area (Å²) >= 11 is 0. The van der Waals surface area contributed by atoms with Crippen LogP contribution in [0.4, 0.5) is 0 Å². The summed E-state index contributed by atoms with van der Waals surface area (Å²) in [5.74, 6) is 24.3. The number of aliphatic hydroxyl groups is 5. The molecule has 0 aromatic rings. The van der Waals surface area contributed by atoms with E-state index in [9.17, 15) is 0 Å². The minimum absolute atomic E-state index is 0.250. The highest BCUT2D eigenvalue weighted by Crippen LogP contribution is 2.73. The van der Waals surface area contributed by atoms with E-state index in [0.29, 0.717) is 0 Å². The van der Waals surface area contributed by atoms with Crippen LogP contribution in [0.3, 0.4) is 0 Å². The van der Waals surface area contributed by atoms with Gasteiger partial charge in [-0.15, -0.1) is 0 Å². The second-order valence-corrected chi connectivity index (χ2v) is 21.6. The highest BCUT2D eigenvalue weighted by Gasteiger charge is 2.66. The van der Waals surface area contributed by atoms with E-state index in [1.54, 1.807) is 163 Å². The molecule has 0 aromatic carbocycles. The fourth-order valence-corrected chi connectivity index (χ4v) is 18.4. The Bertz CT molecular complexity index is 1040. The molecule has 5 nitrogen and oxygen atoms in total. The minimum Gasteiger partial charge on any atom is -0.397 e. The SMILES string of the molecule is C1CC2C(C1)C1CC2C2C3CCC(C3)C12.C1CC2C3CCC(C3)C2C1.C1CC2CC1C1CC3C4CCC(C4)C3C21.CCC.CCO.CCO.CCO.CCO.CCO. The van der Waals surface area contributed by atoms with E-state index in [1.165, 1.54) is 125 Å². The number of rotatable bonds is 0. The van der Waals surface area contributed by atoms with Gasteiger partial charge in [0.25, 0.3) is 0 Å². The zero-order valence-corrected chi connectivity index (χ0v) is 39.2. The van der Waals surface area contributed by atoms with Crippen LogP contribution in [-0.4, -0.2) is 58.6 Å². The molecule has 20 unspecified atom stereocenters. The second-order valence-electron chi connectivity index (χ2n) is 21.6. The first-order valence-corrected chi connectivity index (χ1v) is 26.3. The summed E-state index contributed by atoms with van der Waals surface area (Å²) in [6, 6.07) is 0. The van der Waals surface area contributed by atoms with Crippen LogP contribution in [0.25, 0.3) is 0 Å².